The number of hydrogen-bond acceptors (Lipinski definition) is 23. The SMILES string of the molecule is CC(=O)OC1C(C)OC(OC2C(OC3CC(O)CC4=CCC5C6CC7OC8(OCC(C)C(OC9OC(C)C(O)C(O)C9O)C8O)C(C)C7C6(C)CCC5C43C)OCC(O)C2OC2OCC(O)C(O)C2O)C(O)C1O. The average molecular weight is 1060 g/mol. The molecule has 6 heterocycles. The molecule has 11 N–H and O–H groups in total. The molecule has 0 amide bonds. The highest BCUT2D eigenvalue weighted by Gasteiger charge is 2.72. The van der Waals surface area contributed by atoms with Crippen LogP contribution in [-0.4, -0.2) is 229 Å². The molecule has 10 aliphatic rings. The quantitative estimate of drug-likeness (QED) is 0.0864. The predicted octanol–water partition coefficient (Wildman–Crippen LogP) is -2.17. The van der Waals surface area contributed by atoms with Crippen LogP contribution in [0.15, 0.2) is 11.6 Å². The van der Waals surface area contributed by atoms with Crippen molar-refractivity contribution in [3.63, 3.8) is 0 Å². The Hall–Kier alpha value is -1.63. The zero-order valence-corrected chi connectivity index (χ0v) is 43.0. The Morgan fingerprint density at radius 3 is 2.00 bits per heavy atom. The maximum absolute atomic E-state index is 12.3. The number of fused-ring (bicyclic) bond motifs is 7. The second-order valence-electron chi connectivity index (χ2n) is 23.8. The third kappa shape index (κ3) is 9.15. The first-order valence-corrected chi connectivity index (χ1v) is 26.7. The Morgan fingerprint density at radius 2 is 1.28 bits per heavy atom. The lowest BCUT2D eigenvalue weighted by molar-refractivity contribution is -0.382. The van der Waals surface area contributed by atoms with Gasteiger partial charge in [0.15, 0.2) is 37.1 Å². The first-order valence-electron chi connectivity index (χ1n) is 26.7. The number of hydrogen-bond donors (Lipinski definition) is 11. The highest BCUT2D eigenvalue weighted by molar-refractivity contribution is 5.66. The van der Waals surface area contributed by atoms with Crippen molar-refractivity contribution in [1.29, 1.82) is 0 Å². The molecule has 0 bridgehead atoms. The number of carbonyl (C=O) groups is 1. The highest BCUT2D eigenvalue weighted by atomic mass is 16.8. The number of allylic oxidation sites excluding steroid dienone is 1. The van der Waals surface area contributed by atoms with E-state index >= 15 is 0 Å². The first-order chi connectivity index (χ1) is 34.9. The van der Waals surface area contributed by atoms with Crippen LogP contribution in [0.5, 0.6) is 0 Å². The molecule has 0 radical (unpaired) electrons. The van der Waals surface area contributed by atoms with Crippen LogP contribution in [0.25, 0.3) is 0 Å². The number of ether oxygens (including phenoxy) is 11. The van der Waals surface area contributed by atoms with Crippen LogP contribution in [0.4, 0.5) is 0 Å². The van der Waals surface area contributed by atoms with E-state index in [1.807, 2.05) is 6.92 Å². The van der Waals surface area contributed by atoms with Crippen LogP contribution in [0.2, 0.25) is 0 Å². The molecule has 23 heteroatoms. The Bertz CT molecular complexity index is 2040. The van der Waals surface area contributed by atoms with Gasteiger partial charge in [0, 0.05) is 30.6 Å². The zero-order valence-electron chi connectivity index (χ0n) is 43.0. The van der Waals surface area contributed by atoms with Crippen molar-refractivity contribution in [2.24, 2.45) is 46.3 Å². The summed E-state index contributed by atoms with van der Waals surface area (Å²) in [5.41, 5.74) is 0.0828. The molecular formula is C51H80O23. The van der Waals surface area contributed by atoms with E-state index in [0.29, 0.717) is 12.8 Å². The Morgan fingerprint density at radius 1 is 0.649 bits per heavy atom. The van der Waals surface area contributed by atoms with Crippen LogP contribution in [0.1, 0.15) is 87.0 Å². The lowest BCUT2D eigenvalue weighted by Gasteiger charge is -2.61. The van der Waals surface area contributed by atoms with Gasteiger partial charge < -0.3 is 108 Å². The molecule has 74 heavy (non-hydrogen) atoms. The summed E-state index contributed by atoms with van der Waals surface area (Å²) in [4.78, 5) is 11.9. The molecule has 0 aromatic carbocycles. The summed E-state index contributed by atoms with van der Waals surface area (Å²) < 4.78 is 68.3. The van der Waals surface area contributed by atoms with Gasteiger partial charge in [-0.15, -0.1) is 0 Å². The molecule has 3 saturated carbocycles. The van der Waals surface area contributed by atoms with E-state index in [2.05, 4.69) is 26.8 Å². The molecule has 1 spiro atoms. The zero-order chi connectivity index (χ0) is 53.2. The molecule has 4 aliphatic carbocycles. The summed E-state index contributed by atoms with van der Waals surface area (Å²) in [5, 5.41) is 121. The van der Waals surface area contributed by atoms with Crippen LogP contribution in [-0.2, 0) is 56.9 Å². The highest BCUT2D eigenvalue weighted by Crippen LogP contribution is 2.71. The third-order valence-corrected chi connectivity index (χ3v) is 19.5. The number of esters is 1. The van der Waals surface area contributed by atoms with E-state index in [1.54, 1.807) is 6.92 Å². The summed E-state index contributed by atoms with van der Waals surface area (Å²) in [6.07, 6.45) is -24.4. The Kier molecular flexibility index (Phi) is 15.6. The lowest BCUT2D eigenvalue weighted by Crippen LogP contribution is -2.65. The van der Waals surface area contributed by atoms with Crippen molar-refractivity contribution in [2.45, 2.75) is 234 Å². The summed E-state index contributed by atoms with van der Waals surface area (Å²) in [5.74, 6) is -2.49. The van der Waals surface area contributed by atoms with Gasteiger partial charge in [0.05, 0.1) is 56.4 Å². The molecule has 6 saturated heterocycles. The largest absolute Gasteiger partial charge is 0.457 e. The van der Waals surface area contributed by atoms with Crippen molar-refractivity contribution < 1.29 is 113 Å². The van der Waals surface area contributed by atoms with Crippen molar-refractivity contribution in [1.82, 2.24) is 0 Å². The van der Waals surface area contributed by atoms with E-state index in [0.717, 1.165) is 31.8 Å². The van der Waals surface area contributed by atoms with Crippen LogP contribution < -0.4 is 0 Å². The minimum atomic E-state index is -1.80. The van der Waals surface area contributed by atoms with Crippen molar-refractivity contribution in [3.05, 3.63) is 11.6 Å². The van der Waals surface area contributed by atoms with E-state index in [9.17, 15) is 61.0 Å². The summed E-state index contributed by atoms with van der Waals surface area (Å²) >= 11 is 0. The number of aliphatic hydroxyl groups excluding tert-OH is 11. The predicted molar refractivity (Wildman–Crippen MR) is 247 cm³/mol. The van der Waals surface area contributed by atoms with Crippen LogP contribution in [0.3, 0.4) is 0 Å². The molecular weight excluding hydrogens is 981 g/mol. The lowest BCUT2D eigenvalue weighted by atomic mass is 9.46. The standard InChI is InChI=1S/C51H80O23/c1-18-15-66-51(44(63)40(18)71-46-38(61)35(58)33(56)20(3)67-46)19(2)32-30(74-51)14-27-25-9-8-23-12-24(53)13-31(50(23,7)26(25)10-11-49(27,32)6)70-48-43(73-47-39(62)36(59)41(21(4)68-47)69-22(5)52)42(29(55)17-65-48)72-45-37(60)34(57)28(54)16-64-45/h8,18-21,24-48,53-63H,9-17H2,1-7H3. The maximum Gasteiger partial charge on any atom is 0.303 e. The van der Waals surface area contributed by atoms with Crippen LogP contribution >= 0.6 is 0 Å². The van der Waals surface area contributed by atoms with Gasteiger partial charge in [-0.2, -0.15) is 0 Å². The average Bonchev–Trinajstić information content (AvgIpc) is 3.87. The van der Waals surface area contributed by atoms with Crippen LogP contribution in [0, 0.1) is 46.3 Å². The van der Waals surface area contributed by atoms with Crippen molar-refractivity contribution >= 4 is 5.97 Å². The monoisotopic (exact) mass is 1060 g/mol. The smallest absolute Gasteiger partial charge is 0.303 e. The minimum absolute atomic E-state index is 0.0279. The van der Waals surface area contributed by atoms with Crippen molar-refractivity contribution in [2.75, 3.05) is 19.8 Å². The number of rotatable bonds is 9. The van der Waals surface area contributed by atoms with E-state index < -0.39 is 159 Å². The fourth-order valence-electron chi connectivity index (χ4n) is 15.5. The molecule has 0 aromatic heterocycles. The van der Waals surface area contributed by atoms with Crippen molar-refractivity contribution in [3.8, 4) is 0 Å². The van der Waals surface area contributed by atoms with Gasteiger partial charge in [-0.3, -0.25) is 4.79 Å². The molecule has 32 atom stereocenters. The van der Waals surface area contributed by atoms with Gasteiger partial charge in [-0.1, -0.05) is 39.3 Å². The fraction of sp³-hybridized carbons (Fsp3) is 0.941. The first kappa shape index (κ1) is 55.7. The van der Waals surface area contributed by atoms with Gasteiger partial charge in [-0.25, -0.2) is 0 Å². The van der Waals surface area contributed by atoms with Gasteiger partial charge in [0.1, 0.15) is 73.2 Å². The summed E-state index contributed by atoms with van der Waals surface area (Å²) in [7, 11) is 0. The molecule has 6 aliphatic heterocycles. The molecule has 23 nitrogen and oxygen atoms in total. The summed E-state index contributed by atoms with van der Waals surface area (Å²) in [6.45, 7) is 12.0. The molecule has 422 valence electrons. The maximum atomic E-state index is 12.3. The fourth-order valence-corrected chi connectivity index (χ4v) is 15.5. The Labute approximate surface area is 429 Å². The molecule has 0 aromatic rings. The Balaban J connectivity index is 0.897. The van der Waals surface area contributed by atoms with Gasteiger partial charge in [0.25, 0.3) is 0 Å². The van der Waals surface area contributed by atoms with E-state index in [-0.39, 0.29) is 66.7 Å². The second kappa shape index (κ2) is 20.8. The normalized spacial score (nSPS) is 57.4. The minimum Gasteiger partial charge on any atom is -0.457 e. The molecule has 9 fully saturated rings. The second-order valence-corrected chi connectivity index (χ2v) is 23.8. The van der Waals surface area contributed by atoms with Gasteiger partial charge in [0.2, 0.25) is 0 Å². The van der Waals surface area contributed by atoms with E-state index in [4.69, 9.17) is 52.1 Å². The third-order valence-electron chi connectivity index (χ3n) is 19.5. The summed E-state index contributed by atoms with van der Waals surface area (Å²) in [6, 6.07) is 0. The number of aliphatic hydroxyl groups is 11. The molecule has 10 rings (SSSR count). The van der Waals surface area contributed by atoms with E-state index in [1.165, 1.54) is 6.92 Å². The molecule has 32 unspecified atom stereocenters. The van der Waals surface area contributed by atoms with Gasteiger partial charge in [-0.05, 0) is 75.0 Å². The topological polar surface area (TPSA) is 341 Å². The number of carbonyl (C=O) groups excluding carboxylic acids is 1. The van der Waals surface area contributed by atoms with Gasteiger partial charge >= 0.3 is 5.97 Å².